The van der Waals surface area contributed by atoms with Gasteiger partial charge in [0.1, 0.15) is 18.0 Å². The molecule has 39 heavy (non-hydrogen) atoms. The number of hydrogen-bond donors (Lipinski definition) is 1. The Bertz CT molecular complexity index is 1320. The molecule has 1 N–H and O–H groups in total. The molecule has 5 rings (SSSR count). The number of benzene rings is 1. The number of alkyl halides is 6. The molecule has 0 amide bonds. The third-order valence-corrected chi connectivity index (χ3v) is 7.10. The average Bonchev–Trinajstić information content (AvgIpc) is 3.12. The highest BCUT2D eigenvalue weighted by molar-refractivity contribution is 5.76. The first kappa shape index (κ1) is 27.0. The zero-order valence-electron chi connectivity index (χ0n) is 21.1. The zero-order chi connectivity index (χ0) is 27.8. The molecule has 1 saturated heterocycles. The highest BCUT2D eigenvalue weighted by Gasteiger charge is 2.36. The minimum absolute atomic E-state index is 0.139. The van der Waals surface area contributed by atoms with Crippen molar-refractivity contribution in [1.29, 1.82) is 0 Å². The van der Waals surface area contributed by atoms with Crippen molar-refractivity contribution < 1.29 is 26.3 Å². The SMILES string of the molecule is CN1CCN(c2cc(C(F)(F)F)ccc2Nc2ncnc3c2CCN(c2ncccc2C(F)(F)F)CC3)CC1. The Morgan fingerprint density at radius 3 is 2.26 bits per heavy atom. The lowest BCUT2D eigenvalue weighted by Crippen LogP contribution is -2.44. The topological polar surface area (TPSA) is 60.4 Å². The second-order valence-electron chi connectivity index (χ2n) is 9.65. The molecule has 2 aliphatic rings. The van der Waals surface area contributed by atoms with Gasteiger partial charge in [-0.15, -0.1) is 0 Å². The van der Waals surface area contributed by atoms with Crippen LogP contribution in [-0.4, -0.2) is 66.2 Å². The van der Waals surface area contributed by atoms with Crippen molar-refractivity contribution in [2.24, 2.45) is 0 Å². The van der Waals surface area contributed by atoms with Gasteiger partial charge in [-0.2, -0.15) is 26.3 Å². The Balaban J connectivity index is 1.44. The summed E-state index contributed by atoms with van der Waals surface area (Å²) in [4.78, 5) is 18.4. The van der Waals surface area contributed by atoms with Crippen LogP contribution in [0.1, 0.15) is 22.4 Å². The summed E-state index contributed by atoms with van der Waals surface area (Å²) in [6.45, 7) is 3.07. The number of anilines is 4. The fourth-order valence-corrected chi connectivity index (χ4v) is 4.97. The maximum Gasteiger partial charge on any atom is 0.419 e. The minimum Gasteiger partial charge on any atom is -0.367 e. The Kier molecular flexibility index (Phi) is 7.27. The van der Waals surface area contributed by atoms with Crippen LogP contribution in [0.2, 0.25) is 0 Å². The van der Waals surface area contributed by atoms with Crippen LogP contribution >= 0.6 is 0 Å². The number of piperazine rings is 1. The lowest BCUT2D eigenvalue weighted by molar-refractivity contribution is -0.138. The first-order valence-corrected chi connectivity index (χ1v) is 12.5. The molecule has 0 atom stereocenters. The molecule has 208 valence electrons. The van der Waals surface area contributed by atoms with Crippen molar-refractivity contribution in [2.45, 2.75) is 25.2 Å². The van der Waals surface area contributed by atoms with Gasteiger partial charge < -0.3 is 20.0 Å². The molecule has 3 aromatic rings. The second kappa shape index (κ2) is 10.5. The molecule has 1 aromatic carbocycles. The lowest BCUT2D eigenvalue weighted by atomic mass is 10.1. The van der Waals surface area contributed by atoms with Crippen molar-refractivity contribution in [3.63, 3.8) is 0 Å². The molecule has 13 heteroatoms. The number of nitrogens with one attached hydrogen (secondary N) is 1. The molecular formula is C26H27F6N7. The molecule has 0 saturated carbocycles. The van der Waals surface area contributed by atoms with Gasteiger partial charge in [0.2, 0.25) is 0 Å². The van der Waals surface area contributed by atoms with Crippen LogP contribution in [0.4, 0.5) is 49.4 Å². The normalized spacial score (nSPS) is 17.1. The summed E-state index contributed by atoms with van der Waals surface area (Å²) in [6.07, 6.45) is -5.65. The standard InChI is InChI=1S/C26H27F6N7/c1-37-11-13-38(14-12-37)22-15-17(25(27,28)29)4-5-21(22)36-23-18-6-9-39(10-7-20(18)34-16-35-23)24-19(26(30,31)32)3-2-8-33-24/h2-5,8,15-16H,6-7,9-14H2,1H3,(H,34,35,36). The first-order valence-electron chi connectivity index (χ1n) is 12.5. The average molecular weight is 552 g/mol. The molecular weight excluding hydrogens is 524 g/mol. The summed E-state index contributed by atoms with van der Waals surface area (Å²) in [5, 5.41) is 3.22. The second-order valence-corrected chi connectivity index (χ2v) is 9.65. The number of aromatic nitrogens is 3. The Hall–Kier alpha value is -3.61. The number of likely N-dealkylation sites (N-methyl/N-ethyl adjacent to an activating group) is 1. The predicted octanol–water partition coefficient (Wildman–Crippen LogP) is 5.01. The zero-order valence-corrected chi connectivity index (χ0v) is 21.1. The smallest absolute Gasteiger partial charge is 0.367 e. The highest BCUT2D eigenvalue weighted by atomic mass is 19.4. The fourth-order valence-electron chi connectivity index (χ4n) is 4.97. The van der Waals surface area contributed by atoms with E-state index >= 15 is 0 Å². The Morgan fingerprint density at radius 1 is 0.795 bits per heavy atom. The number of pyridine rings is 1. The predicted molar refractivity (Wildman–Crippen MR) is 135 cm³/mol. The summed E-state index contributed by atoms with van der Waals surface area (Å²) in [7, 11) is 1.96. The molecule has 7 nitrogen and oxygen atoms in total. The van der Waals surface area contributed by atoms with Crippen molar-refractivity contribution in [2.75, 3.05) is 61.4 Å². The number of rotatable bonds is 4. The Labute approximate surface area is 221 Å². The van der Waals surface area contributed by atoms with Crippen LogP contribution in [0.25, 0.3) is 0 Å². The van der Waals surface area contributed by atoms with Gasteiger partial charge in [-0.1, -0.05) is 0 Å². The summed E-state index contributed by atoms with van der Waals surface area (Å²) in [5.74, 6) is 0.286. The van der Waals surface area contributed by atoms with E-state index in [-0.39, 0.29) is 18.9 Å². The molecule has 4 heterocycles. The van der Waals surface area contributed by atoms with Gasteiger partial charge in [0, 0.05) is 57.4 Å². The van der Waals surface area contributed by atoms with Crippen molar-refractivity contribution in [3.05, 3.63) is 65.2 Å². The van der Waals surface area contributed by atoms with Gasteiger partial charge in [0.15, 0.2) is 0 Å². The van der Waals surface area contributed by atoms with E-state index in [1.807, 2.05) is 11.9 Å². The quantitative estimate of drug-likeness (QED) is 0.458. The summed E-state index contributed by atoms with van der Waals surface area (Å²) < 4.78 is 81.5. The van der Waals surface area contributed by atoms with Gasteiger partial charge in [-0.05, 0) is 43.8 Å². The van der Waals surface area contributed by atoms with E-state index < -0.39 is 23.5 Å². The van der Waals surface area contributed by atoms with E-state index in [0.29, 0.717) is 67.5 Å². The summed E-state index contributed by atoms with van der Waals surface area (Å²) >= 11 is 0. The van der Waals surface area contributed by atoms with Gasteiger partial charge in [0.05, 0.1) is 28.2 Å². The van der Waals surface area contributed by atoms with Crippen LogP contribution < -0.4 is 15.1 Å². The maximum absolute atomic E-state index is 13.6. The number of halogens is 6. The summed E-state index contributed by atoms with van der Waals surface area (Å²) in [5.41, 5.74) is 0.737. The monoisotopic (exact) mass is 551 g/mol. The van der Waals surface area contributed by atoms with Crippen molar-refractivity contribution in [1.82, 2.24) is 19.9 Å². The third-order valence-electron chi connectivity index (χ3n) is 7.10. The van der Waals surface area contributed by atoms with Gasteiger partial charge in [-0.25, -0.2) is 15.0 Å². The van der Waals surface area contributed by atoms with E-state index in [4.69, 9.17) is 0 Å². The van der Waals surface area contributed by atoms with Crippen LogP contribution in [0.3, 0.4) is 0 Å². The third kappa shape index (κ3) is 5.87. The number of nitrogens with zero attached hydrogens (tertiary/aromatic N) is 6. The van der Waals surface area contributed by atoms with E-state index in [1.54, 1.807) is 4.90 Å². The van der Waals surface area contributed by atoms with Gasteiger partial charge >= 0.3 is 12.4 Å². The molecule has 2 aliphatic heterocycles. The lowest BCUT2D eigenvalue weighted by Gasteiger charge is -2.35. The molecule has 1 fully saturated rings. The molecule has 0 aliphatic carbocycles. The van der Waals surface area contributed by atoms with E-state index in [0.717, 1.165) is 18.2 Å². The van der Waals surface area contributed by atoms with Crippen LogP contribution in [0.5, 0.6) is 0 Å². The van der Waals surface area contributed by atoms with E-state index in [9.17, 15) is 26.3 Å². The fraction of sp³-hybridized carbons (Fsp3) is 0.423. The molecule has 0 bridgehead atoms. The molecule has 0 radical (unpaired) electrons. The van der Waals surface area contributed by atoms with Crippen molar-refractivity contribution >= 4 is 23.0 Å². The summed E-state index contributed by atoms with van der Waals surface area (Å²) in [6, 6.07) is 5.85. The number of hydrogen-bond acceptors (Lipinski definition) is 7. The highest BCUT2D eigenvalue weighted by Crippen LogP contribution is 2.39. The minimum atomic E-state index is -4.54. The van der Waals surface area contributed by atoms with Crippen LogP contribution in [0.15, 0.2) is 42.9 Å². The van der Waals surface area contributed by atoms with Crippen molar-refractivity contribution in [3.8, 4) is 0 Å². The molecule has 0 spiro atoms. The maximum atomic E-state index is 13.6. The Morgan fingerprint density at radius 2 is 1.54 bits per heavy atom. The van der Waals surface area contributed by atoms with Crippen LogP contribution in [0, 0.1) is 0 Å². The van der Waals surface area contributed by atoms with E-state index in [1.165, 1.54) is 24.7 Å². The molecule has 2 aromatic heterocycles. The van der Waals surface area contributed by atoms with E-state index in [2.05, 4.69) is 25.2 Å². The van der Waals surface area contributed by atoms with Gasteiger partial charge in [-0.3, -0.25) is 0 Å². The van der Waals surface area contributed by atoms with Gasteiger partial charge in [0.25, 0.3) is 0 Å². The number of fused-ring (bicyclic) bond motifs is 1. The largest absolute Gasteiger partial charge is 0.419 e. The first-order chi connectivity index (χ1) is 18.5. The van der Waals surface area contributed by atoms with Crippen LogP contribution in [-0.2, 0) is 25.2 Å². The molecule has 0 unspecified atom stereocenters.